The Bertz CT molecular complexity index is 516. The van der Waals surface area contributed by atoms with Gasteiger partial charge in [0.1, 0.15) is 5.82 Å². The maximum atomic E-state index is 13.5. The zero-order chi connectivity index (χ0) is 13.0. The molecule has 0 saturated heterocycles. The summed E-state index contributed by atoms with van der Waals surface area (Å²) in [6, 6.07) is 6.69. The summed E-state index contributed by atoms with van der Waals surface area (Å²) < 4.78 is 14.4. The predicted molar refractivity (Wildman–Crippen MR) is 71.4 cm³/mol. The molecule has 94 valence electrons. The van der Waals surface area contributed by atoms with E-state index in [1.807, 2.05) is 19.1 Å². The van der Waals surface area contributed by atoms with Gasteiger partial charge in [-0.1, -0.05) is 0 Å². The molecule has 0 aliphatic carbocycles. The molecule has 2 heterocycles. The molecule has 0 spiro atoms. The van der Waals surface area contributed by atoms with Gasteiger partial charge in [-0.15, -0.1) is 0 Å². The number of halogens is 2. The van der Waals surface area contributed by atoms with Gasteiger partial charge in [0, 0.05) is 29.5 Å². The maximum absolute atomic E-state index is 13.5. The van der Waals surface area contributed by atoms with Crippen LogP contribution < -0.4 is 5.32 Å². The van der Waals surface area contributed by atoms with Gasteiger partial charge < -0.3 is 5.32 Å². The minimum atomic E-state index is -0.290. The first-order chi connectivity index (χ1) is 8.66. The number of hydrogen-bond acceptors (Lipinski definition) is 3. The Morgan fingerprint density at radius 3 is 2.83 bits per heavy atom. The van der Waals surface area contributed by atoms with Crippen LogP contribution >= 0.6 is 15.9 Å². The van der Waals surface area contributed by atoms with Crippen molar-refractivity contribution in [2.75, 3.05) is 0 Å². The third-order valence-electron chi connectivity index (χ3n) is 2.58. The molecule has 1 N–H and O–H groups in total. The Morgan fingerprint density at radius 2 is 2.17 bits per heavy atom. The number of hydrogen-bond donors (Lipinski definition) is 1. The first kappa shape index (κ1) is 13.1. The van der Waals surface area contributed by atoms with E-state index in [0.29, 0.717) is 12.2 Å². The maximum Gasteiger partial charge on any atom is 0.146 e. The van der Waals surface area contributed by atoms with Crippen molar-refractivity contribution in [3.05, 3.63) is 58.3 Å². The van der Waals surface area contributed by atoms with Crippen molar-refractivity contribution in [2.24, 2.45) is 0 Å². The molecule has 1 atom stereocenters. The van der Waals surface area contributed by atoms with Crippen LogP contribution in [0, 0.1) is 5.82 Å². The van der Waals surface area contributed by atoms with Gasteiger partial charge in [0.2, 0.25) is 0 Å². The number of nitrogens with one attached hydrogen (secondary N) is 1. The summed E-state index contributed by atoms with van der Waals surface area (Å²) in [6.45, 7) is 2.45. The molecule has 0 aliphatic heterocycles. The molecule has 18 heavy (non-hydrogen) atoms. The standard InChI is InChI=1S/C13H13BrFN3/c1-9(13-12(15)3-2-6-16-13)17-8-11-5-4-10(14)7-18-11/h2-7,9,17H,8H2,1H3. The van der Waals surface area contributed by atoms with Gasteiger partial charge in [0.15, 0.2) is 0 Å². The molecule has 2 aromatic heterocycles. The SMILES string of the molecule is CC(NCc1ccc(Br)cn1)c1ncccc1F. The largest absolute Gasteiger partial charge is 0.303 e. The fraction of sp³-hybridized carbons (Fsp3) is 0.231. The Morgan fingerprint density at radius 1 is 1.33 bits per heavy atom. The summed E-state index contributed by atoms with van der Waals surface area (Å²) in [5.41, 5.74) is 1.33. The molecule has 0 aromatic carbocycles. The first-order valence-corrected chi connectivity index (χ1v) is 6.40. The highest BCUT2D eigenvalue weighted by Crippen LogP contribution is 2.14. The van der Waals surface area contributed by atoms with Crippen LogP contribution in [0.2, 0.25) is 0 Å². The highest BCUT2D eigenvalue weighted by Gasteiger charge is 2.11. The topological polar surface area (TPSA) is 37.8 Å². The van der Waals surface area contributed by atoms with Gasteiger partial charge in [-0.05, 0) is 47.1 Å². The molecule has 5 heteroatoms. The average Bonchev–Trinajstić information content (AvgIpc) is 2.38. The van der Waals surface area contributed by atoms with Gasteiger partial charge in [-0.3, -0.25) is 9.97 Å². The Labute approximate surface area is 114 Å². The fourth-order valence-corrected chi connectivity index (χ4v) is 1.82. The van der Waals surface area contributed by atoms with E-state index >= 15 is 0 Å². The van der Waals surface area contributed by atoms with Crippen LogP contribution in [0.1, 0.15) is 24.4 Å². The summed E-state index contributed by atoms with van der Waals surface area (Å²) in [7, 11) is 0. The summed E-state index contributed by atoms with van der Waals surface area (Å²) >= 11 is 3.33. The van der Waals surface area contributed by atoms with Gasteiger partial charge >= 0.3 is 0 Å². The third kappa shape index (κ3) is 3.34. The van der Waals surface area contributed by atoms with Gasteiger partial charge in [-0.2, -0.15) is 0 Å². The lowest BCUT2D eigenvalue weighted by Gasteiger charge is -2.13. The Kier molecular flexibility index (Phi) is 4.38. The minimum Gasteiger partial charge on any atom is -0.303 e. The van der Waals surface area contributed by atoms with E-state index in [1.165, 1.54) is 6.07 Å². The summed E-state index contributed by atoms with van der Waals surface area (Å²) in [5.74, 6) is -0.290. The van der Waals surface area contributed by atoms with E-state index in [1.54, 1.807) is 18.5 Å². The van der Waals surface area contributed by atoms with Crippen LogP contribution in [0.25, 0.3) is 0 Å². The van der Waals surface area contributed by atoms with E-state index in [4.69, 9.17) is 0 Å². The van der Waals surface area contributed by atoms with Gasteiger partial charge in [0.25, 0.3) is 0 Å². The van der Waals surface area contributed by atoms with Crippen molar-refractivity contribution in [2.45, 2.75) is 19.5 Å². The molecule has 0 bridgehead atoms. The lowest BCUT2D eigenvalue weighted by molar-refractivity contribution is 0.509. The van der Waals surface area contributed by atoms with Crippen molar-refractivity contribution in [1.29, 1.82) is 0 Å². The zero-order valence-electron chi connectivity index (χ0n) is 9.90. The second kappa shape index (κ2) is 6.02. The monoisotopic (exact) mass is 309 g/mol. The third-order valence-corrected chi connectivity index (χ3v) is 3.04. The smallest absolute Gasteiger partial charge is 0.146 e. The molecule has 0 radical (unpaired) electrons. The fourth-order valence-electron chi connectivity index (χ4n) is 1.58. The van der Waals surface area contributed by atoms with Crippen LogP contribution in [-0.2, 0) is 6.54 Å². The summed E-state index contributed by atoms with van der Waals surface area (Å²) in [4.78, 5) is 8.28. The molecule has 1 unspecified atom stereocenters. The predicted octanol–water partition coefficient (Wildman–Crippen LogP) is 3.23. The molecule has 3 nitrogen and oxygen atoms in total. The van der Waals surface area contributed by atoms with Crippen LogP contribution in [0.5, 0.6) is 0 Å². The second-order valence-corrected chi connectivity index (χ2v) is 4.86. The van der Waals surface area contributed by atoms with E-state index < -0.39 is 0 Å². The second-order valence-electron chi connectivity index (χ2n) is 3.94. The molecule has 0 amide bonds. The normalized spacial score (nSPS) is 12.4. The summed E-state index contributed by atoms with van der Waals surface area (Å²) in [6.07, 6.45) is 3.33. The first-order valence-electron chi connectivity index (χ1n) is 5.61. The quantitative estimate of drug-likeness (QED) is 0.942. The number of rotatable bonds is 4. The van der Waals surface area contributed by atoms with Crippen molar-refractivity contribution >= 4 is 15.9 Å². The summed E-state index contributed by atoms with van der Waals surface area (Å²) in [5, 5.41) is 3.20. The van der Waals surface area contributed by atoms with E-state index in [0.717, 1.165) is 10.2 Å². The van der Waals surface area contributed by atoms with Crippen LogP contribution in [0.4, 0.5) is 4.39 Å². The lowest BCUT2D eigenvalue weighted by atomic mass is 10.2. The van der Waals surface area contributed by atoms with Crippen molar-refractivity contribution in [3.8, 4) is 0 Å². The molecule has 0 aliphatic rings. The molecule has 2 rings (SSSR count). The van der Waals surface area contributed by atoms with Crippen molar-refractivity contribution in [3.63, 3.8) is 0 Å². The van der Waals surface area contributed by atoms with Crippen LogP contribution in [0.3, 0.4) is 0 Å². The van der Waals surface area contributed by atoms with Crippen molar-refractivity contribution < 1.29 is 4.39 Å². The van der Waals surface area contributed by atoms with Crippen LogP contribution in [-0.4, -0.2) is 9.97 Å². The van der Waals surface area contributed by atoms with E-state index in [2.05, 4.69) is 31.2 Å². The highest BCUT2D eigenvalue weighted by atomic mass is 79.9. The average molecular weight is 310 g/mol. The number of pyridine rings is 2. The molecule has 0 fully saturated rings. The Hall–Kier alpha value is -1.33. The minimum absolute atomic E-state index is 0.156. The molecular weight excluding hydrogens is 297 g/mol. The molecule has 0 saturated carbocycles. The highest BCUT2D eigenvalue weighted by molar-refractivity contribution is 9.10. The lowest BCUT2D eigenvalue weighted by Crippen LogP contribution is -2.20. The molecule has 2 aromatic rings. The van der Waals surface area contributed by atoms with Gasteiger partial charge in [-0.25, -0.2) is 4.39 Å². The number of aromatic nitrogens is 2. The molecular formula is C13H13BrFN3. The zero-order valence-corrected chi connectivity index (χ0v) is 11.5. The van der Waals surface area contributed by atoms with E-state index in [-0.39, 0.29) is 11.9 Å². The van der Waals surface area contributed by atoms with Crippen molar-refractivity contribution in [1.82, 2.24) is 15.3 Å². The van der Waals surface area contributed by atoms with Crippen LogP contribution in [0.15, 0.2) is 41.1 Å². The van der Waals surface area contributed by atoms with Gasteiger partial charge in [0.05, 0.1) is 11.4 Å². The number of nitrogens with zero attached hydrogens (tertiary/aromatic N) is 2. The van der Waals surface area contributed by atoms with E-state index in [9.17, 15) is 4.39 Å². The Balaban J connectivity index is 1.98.